The topological polar surface area (TPSA) is 57.7 Å². The second-order valence-electron chi connectivity index (χ2n) is 6.49. The van der Waals surface area contributed by atoms with E-state index in [0.29, 0.717) is 13.0 Å². The fraction of sp³-hybridized carbons (Fsp3) is 0.625. The van der Waals surface area contributed by atoms with E-state index in [9.17, 15) is 18.0 Å². The molecule has 1 fully saturated rings. The fourth-order valence-electron chi connectivity index (χ4n) is 2.16. The number of ether oxygens (including phenoxy) is 3. The third kappa shape index (κ3) is 5.09. The summed E-state index contributed by atoms with van der Waals surface area (Å²) in [6, 6.07) is 1.76. The standard InChI is InChI=1S/C16H20F3NO4/c1-15(2,3)24-14(21)12-7-6-11(16(17,18)19)13(20-12)23-9-10-5-4-8-22-10/h6-7,10H,4-5,8-9H2,1-3H3. The highest BCUT2D eigenvalue weighted by atomic mass is 19.4. The van der Waals surface area contributed by atoms with Gasteiger partial charge in [-0.25, -0.2) is 9.78 Å². The van der Waals surface area contributed by atoms with Crippen LogP contribution in [0.5, 0.6) is 5.88 Å². The Labute approximate surface area is 138 Å². The van der Waals surface area contributed by atoms with Crippen molar-refractivity contribution < 1.29 is 32.2 Å². The minimum Gasteiger partial charge on any atom is -0.474 e. The molecule has 1 unspecified atom stereocenters. The molecule has 1 aromatic heterocycles. The van der Waals surface area contributed by atoms with Crippen molar-refractivity contribution in [2.24, 2.45) is 0 Å². The molecule has 134 valence electrons. The van der Waals surface area contributed by atoms with E-state index in [1.54, 1.807) is 20.8 Å². The first kappa shape index (κ1) is 18.5. The maximum Gasteiger partial charge on any atom is 0.421 e. The summed E-state index contributed by atoms with van der Waals surface area (Å²) in [5, 5.41) is 0. The molecule has 1 saturated heterocycles. The van der Waals surface area contributed by atoms with E-state index in [0.717, 1.165) is 18.6 Å². The van der Waals surface area contributed by atoms with E-state index in [1.165, 1.54) is 0 Å². The van der Waals surface area contributed by atoms with Gasteiger partial charge in [0.2, 0.25) is 5.88 Å². The number of halogens is 3. The zero-order chi connectivity index (χ0) is 18.0. The average molecular weight is 347 g/mol. The number of esters is 1. The Kier molecular flexibility index (Phi) is 5.37. The molecule has 0 bridgehead atoms. The van der Waals surface area contributed by atoms with Gasteiger partial charge in [0.1, 0.15) is 17.8 Å². The molecule has 0 aliphatic carbocycles. The van der Waals surface area contributed by atoms with Gasteiger partial charge in [-0.05, 0) is 45.7 Å². The van der Waals surface area contributed by atoms with E-state index >= 15 is 0 Å². The number of rotatable bonds is 4. The number of hydrogen-bond donors (Lipinski definition) is 0. The van der Waals surface area contributed by atoms with Crippen molar-refractivity contribution in [2.75, 3.05) is 13.2 Å². The van der Waals surface area contributed by atoms with E-state index in [4.69, 9.17) is 14.2 Å². The number of pyridine rings is 1. The van der Waals surface area contributed by atoms with E-state index in [2.05, 4.69) is 4.98 Å². The summed E-state index contributed by atoms with van der Waals surface area (Å²) in [6.07, 6.45) is -3.35. The lowest BCUT2D eigenvalue weighted by molar-refractivity contribution is -0.139. The van der Waals surface area contributed by atoms with Crippen molar-refractivity contribution in [3.8, 4) is 5.88 Å². The Morgan fingerprint density at radius 2 is 2.04 bits per heavy atom. The highest BCUT2D eigenvalue weighted by molar-refractivity contribution is 5.87. The summed E-state index contributed by atoms with van der Waals surface area (Å²) in [7, 11) is 0. The summed E-state index contributed by atoms with van der Waals surface area (Å²) in [4.78, 5) is 15.7. The molecular weight excluding hydrogens is 327 g/mol. The molecule has 1 atom stereocenters. The Morgan fingerprint density at radius 3 is 2.58 bits per heavy atom. The molecule has 0 amide bonds. The minimum atomic E-state index is -4.63. The smallest absolute Gasteiger partial charge is 0.421 e. The number of carbonyl (C=O) groups is 1. The van der Waals surface area contributed by atoms with Crippen molar-refractivity contribution in [1.82, 2.24) is 4.98 Å². The number of hydrogen-bond acceptors (Lipinski definition) is 5. The van der Waals surface area contributed by atoms with Crippen molar-refractivity contribution in [3.05, 3.63) is 23.4 Å². The molecule has 0 saturated carbocycles. The van der Waals surface area contributed by atoms with Crippen LogP contribution in [0.4, 0.5) is 13.2 Å². The van der Waals surface area contributed by atoms with E-state index < -0.39 is 29.2 Å². The number of aromatic nitrogens is 1. The maximum absolute atomic E-state index is 13.1. The van der Waals surface area contributed by atoms with Gasteiger partial charge in [-0.15, -0.1) is 0 Å². The molecule has 5 nitrogen and oxygen atoms in total. The summed E-state index contributed by atoms with van der Waals surface area (Å²) < 4.78 is 54.9. The lowest BCUT2D eigenvalue weighted by atomic mass is 10.2. The van der Waals surface area contributed by atoms with Gasteiger partial charge < -0.3 is 14.2 Å². The summed E-state index contributed by atoms with van der Waals surface area (Å²) in [5.41, 5.74) is -2.05. The molecule has 0 spiro atoms. The van der Waals surface area contributed by atoms with Crippen LogP contribution in [0.25, 0.3) is 0 Å². The van der Waals surface area contributed by atoms with E-state index in [-0.39, 0.29) is 18.4 Å². The van der Waals surface area contributed by atoms with Gasteiger partial charge in [0.05, 0.1) is 6.10 Å². The lowest BCUT2D eigenvalue weighted by Gasteiger charge is -2.20. The van der Waals surface area contributed by atoms with Crippen molar-refractivity contribution in [3.63, 3.8) is 0 Å². The molecule has 24 heavy (non-hydrogen) atoms. The Morgan fingerprint density at radius 1 is 1.33 bits per heavy atom. The molecule has 2 rings (SSSR count). The molecule has 1 aliphatic rings. The molecule has 0 N–H and O–H groups in total. The van der Waals surface area contributed by atoms with Gasteiger partial charge in [0.25, 0.3) is 0 Å². The molecule has 1 aromatic rings. The molecular formula is C16H20F3NO4. The van der Waals surface area contributed by atoms with Crippen molar-refractivity contribution >= 4 is 5.97 Å². The summed E-state index contributed by atoms with van der Waals surface area (Å²) >= 11 is 0. The Hall–Kier alpha value is -1.83. The molecule has 1 aliphatic heterocycles. The van der Waals surface area contributed by atoms with Crippen LogP contribution in [-0.4, -0.2) is 35.9 Å². The number of nitrogens with zero attached hydrogens (tertiary/aromatic N) is 1. The predicted molar refractivity (Wildman–Crippen MR) is 78.9 cm³/mol. The zero-order valence-electron chi connectivity index (χ0n) is 13.8. The lowest BCUT2D eigenvalue weighted by Crippen LogP contribution is -2.25. The normalized spacial score (nSPS) is 18.5. The first-order valence-corrected chi connectivity index (χ1v) is 7.62. The fourth-order valence-corrected chi connectivity index (χ4v) is 2.16. The van der Waals surface area contributed by atoms with Crippen LogP contribution in [0.15, 0.2) is 12.1 Å². The van der Waals surface area contributed by atoms with Crippen LogP contribution >= 0.6 is 0 Å². The SMILES string of the molecule is CC(C)(C)OC(=O)c1ccc(C(F)(F)F)c(OCC2CCCO2)n1. The van der Waals surface area contributed by atoms with Crippen molar-refractivity contribution in [2.45, 2.75) is 51.5 Å². The second-order valence-corrected chi connectivity index (χ2v) is 6.49. The number of alkyl halides is 3. The van der Waals surface area contributed by atoms with Gasteiger partial charge in [0, 0.05) is 6.61 Å². The molecule has 0 radical (unpaired) electrons. The van der Waals surface area contributed by atoms with Crippen LogP contribution in [0.3, 0.4) is 0 Å². The van der Waals surface area contributed by atoms with Gasteiger partial charge in [-0.1, -0.05) is 0 Å². The average Bonchev–Trinajstić information content (AvgIpc) is 2.95. The monoisotopic (exact) mass is 347 g/mol. The van der Waals surface area contributed by atoms with Gasteiger partial charge in [-0.2, -0.15) is 13.2 Å². The quantitative estimate of drug-likeness (QED) is 0.779. The van der Waals surface area contributed by atoms with Gasteiger partial charge in [0.15, 0.2) is 5.69 Å². The molecule has 8 heteroatoms. The van der Waals surface area contributed by atoms with E-state index in [1.807, 2.05) is 0 Å². The summed E-state index contributed by atoms with van der Waals surface area (Å²) in [5.74, 6) is -1.44. The third-order valence-corrected chi connectivity index (χ3v) is 3.20. The molecule has 2 heterocycles. The highest BCUT2D eigenvalue weighted by Crippen LogP contribution is 2.35. The third-order valence-electron chi connectivity index (χ3n) is 3.20. The second kappa shape index (κ2) is 6.96. The molecule has 0 aromatic carbocycles. The van der Waals surface area contributed by atoms with Crippen LogP contribution < -0.4 is 4.74 Å². The van der Waals surface area contributed by atoms with Gasteiger partial charge >= 0.3 is 12.1 Å². The van der Waals surface area contributed by atoms with Crippen LogP contribution in [0.2, 0.25) is 0 Å². The maximum atomic E-state index is 13.1. The first-order chi connectivity index (χ1) is 11.1. The predicted octanol–water partition coefficient (Wildman–Crippen LogP) is 3.61. The Balaban J connectivity index is 2.22. The van der Waals surface area contributed by atoms with Crippen LogP contribution in [-0.2, 0) is 15.7 Å². The van der Waals surface area contributed by atoms with Crippen molar-refractivity contribution in [1.29, 1.82) is 0 Å². The summed E-state index contributed by atoms with van der Waals surface area (Å²) in [6.45, 7) is 5.48. The largest absolute Gasteiger partial charge is 0.474 e. The first-order valence-electron chi connectivity index (χ1n) is 7.62. The minimum absolute atomic E-state index is 0.0478. The highest BCUT2D eigenvalue weighted by Gasteiger charge is 2.36. The zero-order valence-corrected chi connectivity index (χ0v) is 13.8. The van der Waals surface area contributed by atoms with Crippen LogP contribution in [0, 0.1) is 0 Å². The van der Waals surface area contributed by atoms with Gasteiger partial charge in [-0.3, -0.25) is 0 Å². The Bertz CT molecular complexity index is 590. The number of carbonyl (C=O) groups excluding carboxylic acids is 1. The van der Waals surface area contributed by atoms with Crippen LogP contribution in [0.1, 0.15) is 49.7 Å².